The lowest BCUT2D eigenvalue weighted by Crippen LogP contribution is -2.48. The van der Waals surface area contributed by atoms with Crippen LogP contribution in [-0.4, -0.2) is 44.2 Å². The van der Waals surface area contributed by atoms with Gasteiger partial charge >= 0.3 is 0 Å². The molecule has 0 aromatic heterocycles. The lowest BCUT2D eigenvalue weighted by atomic mass is 10.1. The highest BCUT2D eigenvalue weighted by atomic mass is 32.2. The highest BCUT2D eigenvalue weighted by Crippen LogP contribution is 2.29. The molecule has 26 heavy (non-hydrogen) atoms. The average Bonchev–Trinajstić information content (AvgIpc) is 3.07. The number of aryl methyl sites for hydroxylation is 2. The van der Waals surface area contributed by atoms with Crippen LogP contribution in [0, 0.1) is 13.8 Å². The van der Waals surface area contributed by atoms with E-state index >= 15 is 0 Å². The molecule has 1 atom stereocenters. The van der Waals surface area contributed by atoms with Crippen molar-refractivity contribution in [2.75, 3.05) is 22.9 Å². The minimum atomic E-state index is -3.58. The second kappa shape index (κ2) is 9.13. The molecule has 0 bridgehead atoms. The summed E-state index contributed by atoms with van der Waals surface area (Å²) in [6, 6.07) is 4.84. The van der Waals surface area contributed by atoms with Gasteiger partial charge in [-0.15, -0.1) is 0 Å². The Labute approximate surface area is 162 Å². The maximum Gasteiger partial charge on any atom is 0.243 e. The van der Waals surface area contributed by atoms with Crippen molar-refractivity contribution >= 4 is 33.4 Å². The molecule has 1 amide bonds. The monoisotopic (exact) mass is 398 g/mol. The number of thioether (sulfide) groups is 1. The predicted octanol–water partition coefficient (Wildman–Crippen LogP) is 3.25. The zero-order chi connectivity index (χ0) is 19.3. The summed E-state index contributed by atoms with van der Waals surface area (Å²) in [5.41, 5.74) is 2.35. The first-order valence-electron chi connectivity index (χ1n) is 9.16. The molecule has 0 heterocycles. The number of benzene rings is 1. The van der Waals surface area contributed by atoms with Gasteiger partial charge in [0.15, 0.2) is 0 Å². The molecule has 0 spiro atoms. The van der Waals surface area contributed by atoms with Crippen LogP contribution in [0.15, 0.2) is 18.2 Å². The van der Waals surface area contributed by atoms with Gasteiger partial charge in [-0.1, -0.05) is 25.0 Å². The van der Waals surface area contributed by atoms with Crippen molar-refractivity contribution in [2.45, 2.75) is 57.7 Å². The van der Waals surface area contributed by atoms with Crippen LogP contribution >= 0.6 is 11.8 Å². The maximum absolute atomic E-state index is 12.6. The van der Waals surface area contributed by atoms with Crippen LogP contribution in [0.3, 0.4) is 0 Å². The minimum Gasteiger partial charge on any atom is -0.353 e. The Morgan fingerprint density at radius 1 is 1.31 bits per heavy atom. The number of carbonyl (C=O) groups excluding carboxylic acids is 1. The Balaban J connectivity index is 2.02. The molecule has 0 unspecified atom stereocenters. The number of nitrogens with zero attached hydrogens (tertiary/aromatic N) is 1. The summed E-state index contributed by atoms with van der Waals surface area (Å²) < 4.78 is 26.0. The van der Waals surface area contributed by atoms with Crippen molar-refractivity contribution in [3.05, 3.63) is 29.3 Å². The van der Waals surface area contributed by atoms with Gasteiger partial charge in [0.2, 0.25) is 15.9 Å². The normalized spacial score (nSPS) is 16.5. The van der Waals surface area contributed by atoms with Gasteiger partial charge < -0.3 is 5.32 Å². The van der Waals surface area contributed by atoms with Crippen molar-refractivity contribution in [3.63, 3.8) is 0 Å². The molecule has 2 rings (SSSR count). The Hall–Kier alpha value is -1.21. The van der Waals surface area contributed by atoms with Crippen LogP contribution in [0.25, 0.3) is 0 Å². The first kappa shape index (κ1) is 21.1. The number of amides is 1. The second-order valence-corrected chi connectivity index (χ2v) is 10.4. The molecule has 0 radical (unpaired) electrons. The van der Waals surface area contributed by atoms with Gasteiger partial charge in [-0.05, 0) is 50.8 Å². The van der Waals surface area contributed by atoms with Gasteiger partial charge in [-0.25, -0.2) is 8.42 Å². The summed E-state index contributed by atoms with van der Waals surface area (Å²) in [6.07, 6.45) is 6.29. The van der Waals surface area contributed by atoms with E-state index in [9.17, 15) is 13.2 Å². The van der Waals surface area contributed by atoms with Gasteiger partial charge in [0, 0.05) is 17.5 Å². The molecule has 1 aliphatic rings. The van der Waals surface area contributed by atoms with Gasteiger partial charge in [-0.2, -0.15) is 11.8 Å². The van der Waals surface area contributed by atoms with E-state index in [1.165, 1.54) is 30.0 Å². The zero-order valence-electron chi connectivity index (χ0n) is 16.1. The van der Waals surface area contributed by atoms with Crippen molar-refractivity contribution in [1.82, 2.24) is 5.32 Å². The van der Waals surface area contributed by atoms with E-state index in [4.69, 9.17) is 0 Å². The van der Waals surface area contributed by atoms with Crippen LogP contribution in [0.5, 0.6) is 0 Å². The number of sulfonamides is 1. The van der Waals surface area contributed by atoms with E-state index in [2.05, 4.69) is 5.32 Å². The Kier molecular flexibility index (Phi) is 7.41. The summed E-state index contributed by atoms with van der Waals surface area (Å²) in [4.78, 5) is 12.6. The number of hydrogen-bond acceptors (Lipinski definition) is 4. The van der Waals surface area contributed by atoms with Gasteiger partial charge in [0.05, 0.1) is 11.9 Å². The summed E-state index contributed by atoms with van der Waals surface area (Å²) in [5, 5.41) is 3.61. The first-order valence-corrected chi connectivity index (χ1v) is 12.1. The molecule has 7 heteroatoms. The van der Waals surface area contributed by atoms with E-state index in [0.717, 1.165) is 23.1 Å². The molecule has 1 N–H and O–H groups in total. The van der Waals surface area contributed by atoms with Crippen molar-refractivity contribution < 1.29 is 13.2 Å². The van der Waals surface area contributed by atoms with E-state index in [1.807, 2.05) is 43.8 Å². The second-order valence-electron chi connectivity index (χ2n) is 7.09. The fourth-order valence-electron chi connectivity index (χ4n) is 3.34. The molecule has 1 aliphatic carbocycles. The predicted molar refractivity (Wildman–Crippen MR) is 110 cm³/mol. The molecule has 0 aliphatic heterocycles. The number of nitrogens with one attached hydrogen (secondary N) is 1. The molecule has 146 valence electrons. The third kappa shape index (κ3) is 5.64. The molecular weight excluding hydrogens is 368 g/mol. The molecule has 1 saturated carbocycles. The minimum absolute atomic E-state index is 0.261. The Morgan fingerprint density at radius 2 is 1.96 bits per heavy atom. The highest BCUT2D eigenvalue weighted by Gasteiger charge is 2.30. The van der Waals surface area contributed by atoms with Crippen LogP contribution in [0.2, 0.25) is 0 Å². The smallest absolute Gasteiger partial charge is 0.243 e. The van der Waals surface area contributed by atoms with Gasteiger partial charge in [-0.3, -0.25) is 9.10 Å². The van der Waals surface area contributed by atoms with Crippen molar-refractivity contribution in [1.29, 1.82) is 0 Å². The molecule has 1 aromatic carbocycles. The van der Waals surface area contributed by atoms with E-state index in [1.54, 1.807) is 6.92 Å². The quantitative estimate of drug-likeness (QED) is 0.683. The lowest BCUT2D eigenvalue weighted by molar-refractivity contribution is -0.121. The van der Waals surface area contributed by atoms with Gasteiger partial charge in [0.25, 0.3) is 0 Å². The lowest BCUT2D eigenvalue weighted by Gasteiger charge is -2.29. The van der Waals surface area contributed by atoms with Gasteiger partial charge in [0.1, 0.15) is 6.04 Å². The summed E-state index contributed by atoms with van der Waals surface area (Å²) in [6.45, 7) is 5.97. The zero-order valence-corrected chi connectivity index (χ0v) is 17.8. The van der Waals surface area contributed by atoms with E-state index < -0.39 is 16.1 Å². The number of carbonyl (C=O) groups is 1. The van der Waals surface area contributed by atoms with E-state index in [-0.39, 0.29) is 5.91 Å². The largest absolute Gasteiger partial charge is 0.353 e. The maximum atomic E-state index is 12.6. The third-order valence-electron chi connectivity index (χ3n) is 4.75. The van der Waals surface area contributed by atoms with Crippen molar-refractivity contribution in [3.8, 4) is 0 Å². The topological polar surface area (TPSA) is 66.5 Å². The van der Waals surface area contributed by atoms with Crippen LogP contribution in [0.4, 0.5) is 5.69 Å². The molecule has 5 nitrogen and oxygen atoms in total. The number of rotatable bonds is 8. The Bertz CT molecular complexity index is 728. The fraction of sp³-hybridized carbons (Fsp3) is 0.632. The summed E-state index contributed by atoms with van der Waals surface area (Å²) >= 11 is 1.91. The van der Waals surface area contributed by atoms with Crippen molar-refractivity contribution in [2.24, 2.45) is 0 Å². The first-order chi connectivity index (χ1) is 12.2. The number of anilines is 1. The summed E-state index contributed by atoms with van der Waals surface area (Å²) in [5.74, 6) is 0.606. The highest BCUT2D eigenvalue weighted by molar-refractivity contribution is 7.99. The van der Waals surface area contributed by atoms with Crippen LogP contribution in [0.1, 0.15) is 43.7 Å². The summed E-state index contributed by atoms with van der Waals surface area (Å²) in [7, 11) is -3.58. The molecular formula is C19H30N2O3S2. The fourth-order valence-corrected chi connectivity index (χ4v) is 5.78. The van der Waals surface area contributed by atoms with Crippen LogP contribution < -0.4 is 9.62 Å². The Morgan fingerprint density at radius 3 is 2.58 bits per heavy atom. The molecule has 1 aromatic rings. The standard InChI is InChI=1S/C19H30N2O3S2/c1-14-9-10-15(2)18(13-14)21(26(4,23)24)16(3)19(22)20-11-12-25-17-7-5-6-8-17/h9-10,13,16-17H,5-8,11-12H2,1-4H3,(H,20,22)/t16-/m0/s1. The third-order valence-corrected chi connectivity index (χ3v) is 7.36. The molecule has 0 saturated heterocycles. The molecule has 1 fully saturated rings. The average molecular weight is 399 g/mol. The van der Waals surface area contributed by atoms with E-state index in [0.29, 0.717) is 17.5 Å². The SMILES string of the molecule is Cc1ccc(C)c(N([C@@H](C)C(=O)NCCSC2CCCC2)S(C)(=O)=O)c1. The number of hydrogen-bond donors (Lipinski definition) is 1. The van der Waals surface area contributed by atoms with Crippen LogP contribution in [-0.2, 0) is 14.8 Å².